The van der Waals surface area contributed by atoms with Crippen LogP contribution in [0.1, 0.15) is 37.9 Å². The average molecular weight is 567 g/mol. The second kappa shape index (κ2) is 11.0. The van der Waals surface area contributed by atoms with Crippen LogP contribution < -0.4 is 4.90 Å². The maximum absolute atomic E-state index is 13.5. The first kappa shape index (κ1) is 28.5. The van der Waals surface area contributed by atoms with Crippen LogP contribution in [0.3, 0.4) is 0 Å². The number of hydrogen-bond acceptors (Lipinski definition) is 4. The summed E-state index contributed by atoms with van der Waals surface area (Å²) in [4.78, 5) is 44.8. The Morgan fingerprint density at radius 2 is 1.59 bits per heavy atom. The van der Waals surface area contributed by atoms with Gasteiger partial charge in [0.25, 0.3) is 0 Å². The molecule has 4 amide bonds. The minimum absolute atomic E-state index is 0.0202. The quantitative estimate of drug-likeness (QED) is 0.495. The molecule has 1 unspecified atom stereocenters. The van der Waals surface area contributed by atoms with E-state index in [1.54, 1.807) is 49.9 Å². The summed E-state index contributed by atoms with van der Waals surface area (Å²) in [6.45, 7) is 6.23. The number of alkyl halides is 3. The highest BCUT2D eigenvalue weighted by molar-refractivity contribution is 6.30. The lowest BCUT2D eigenvalue weighted by Gasteiger charge is -2.36. The lowest BCUT2D eigenvalue weighted by atomic mass is 10.0. The summed E-state index contributed by atoms with van der Waals surface area (Å²) in [5.41, 5.74) is -0.700. The van der Waals surface area contributed by atoms with Gasteiger partial charge in [-0.25, -0.2) is 9.59 Å². The zero-order chi connectivity index (χ0) is 28.5. The summed E-state index contributed by atoms with van der Waals surface area (Å²) in [6, 6.07) is 10.0. The third-order valence-electron chi connectivity index (χ3n) is 6.50. The summed E-state index contributed by atoms with van der Waals surface area (Å²) >= 11 is 6.00. The van der Waals surface area contributed by atoms with Crippen LogP contribution in [0.2, 0.25) is 5.02 Å². The van der Waals surface area contributed by atoms with E-state index < -0.39 is 35.5 Å². The summed E-state index contributed by atoms with van der Waals surface area (Å²) in [5, 5.41) is 0.443. The highest BCUT2D eigenvalue weighted by atomic mass is 35.5. The number of carbonyl (C=O) groups excluding carboxylic acids is 3. The average Bonchev–Trinajstić information content (AvgIpc) is 3.19. The van der Waals surface area contributed by atoms with Crippen molar-refractivity contribution in [2.45, 2.75) is 38.6 Å². The normalized spacial score (nSPS) is 18.5. The first-order valence-corrected chi connectivity index (χ1v) is 12.9. The zero-order valence-corrected chi connectivity index (χ0v) is 22.6. The maximum atomic E-state index is 13.5. The Balaban J connectivity index is 1.49. The van der Waals surface area contributed by atoms with Crippen LogP contribution in [-0.4, -0.2) is 77.6 Å². The van der Waals surface area contributed by atoms with Crippen LogP contribution in [0.4, 0.5) is 28.4 Å². The molecule has 2 saturated heterocycles. The molecular formula is C27H30ClF3N4O4. The van der Waals surface area contributed by atoms with Gasteiger partial charge in [0.15, 0.2) is 0 Å². The molecule has 0 bridgehead atoms. The number of benzene rings is 2. The fourth-order valence-electron chi connectivity index (χ4n) is 4.58. The predicted molar refractivity (Wildman–Crippen MR) is 139 cm³/mol. The van der Waals surface area contributed by atoms with Crippen molar-refractivity contribution in [3.8, 4) is 0 Å². The topological polar surface area (TPSA) is 73.4 Å². The van der Waals surface area contributed by atoms with Crippen molar-refractivity contribution in [3.63, 3.8) is 0 Å². The molecule has 8 nitrogen and oxygen atoms in total. The van der Waals surface area contributed by atoms with E-state index in [1.807, 2.05) is 0 Å². The lowest BCUT2D eigenvalue weighted by molar-refractivity contribution is -0.137. The van der Waals surface area contributed by atoms with E-state index in [-0.39, 0.29) is 32.1 Å². The van der Waals surface area contributed by atoms with E-state index in [2.05, 4.69) is 0 Å². The van der Waals surface area contributed by atoms with Gasteiger partial charge >= 0.3 is 18.3 Å². The molecule has 2 aliphatic heterocycles. The van der Waals surface area contributed by atoms with Gasteiger partial charge in [-0.3, -0.25) is 9.69 Å². The Morgan fingerprint density at radius 1 is 0.974 bits per heavy atom. The van der Waals surface area contributed by atoms with Crippen molar-refractivity contribution in [2.75, 3.05) is 44.2 Å². The lowest BCUT2D eigenvalue weighted by Crippen LogP contribution is -2.53. The number of rotatable bonds is 4. The Morgan fingerprint density at radius 3 is 2.18 bits per heavy atom. The van der Waals surface area contributed by atoms with Crippen molar-refractivity contribution in [1.29, 1.82) is 0 Å². The van der Waals surface area contributed by atoms with Crippen LogP contribution in [-0.2, 0) is 15.7 Å². The maximum Gasteiger partial charge on any atom is 0.416 e. The zero-order valence-electron chi connectivity index (χ0n) is 21.9. The molecule has 2 aromatic rings. The number of anilines is 1. The van der Waals surface area contributed by atoms with Crippen molar-refractivity contribution in [1.82, 2.24) is 14.7 Å². The van der Waals surface area contributed by atoms with Gasteiger partial charge in [0.2, 0.25) is 5.91 Å². The Kier molecular flexibility index (Phi) is 8.02. The molecule has 0 aromatic heterocycles. The molecule has 2 fully saturated rings. The Labute approximate surface area is 229 Å². The number of hydrogen-bond donors (Lipinski definition) is 0. The standard InChI is InChI=1S/C27H30ClF3N4O4/c1-26(2,3)39-25(38)33-13-11-32(12-14-33)23(36)17-34-16-22(18-5-4-6-19(15-18)27(29,30)31)35(24(34)37)21-9-7-20(28)8-10-21/h4-10,15,22H,11-14,16-17H2,1-3H3. The van der Waals surface area contributed by atoms with Crippen molar-refractivity contribution in [3.05, 3.63) is 64.7 Å². The number of amides is 4. The summed E-state index contributed by atoms with van der Waals surface area (Å²) in [7, 11) is 0. The van der Waals surface area contributed by atoms with Crippen LogP contribution in [0, 0.1) is 0 Å². The highest BCUT2D eigenvalue weighted by Crippen LogP contribution is 2.37. The molecular weight excluding hydrogens is 537 g/mol. The van der Waals surface area contributed by atoms with Gasteiger partial charge in [-0.15, -0.1) is 0 Å². The molecule has 0 saturated carbocycles. The van der Waals surface area contributed by atoms with Gasteiger partial charge in [-0.2, -0.15) is 13.2 Å². The molecule has 2 heterocycles. The van der Waals surface area contributed by atoms with E-state index in [0.29, 0.717) is 29.4 Å². The third kappa shape index (κ3) is 6.76. The van der Waals surface area contributed by atoms with Gasteiger partial charge in [-0.1, -0.05) is 23.7 Å². The van der Waals surface area contributed by atoms with Crippen molar-refractivity contribution < 1.29 is 32.3 Å². The number of carbonyl (C=O) groups is 3. The van der Waals surface area contributed by atoms with Gasteiger partial charge < -0.3 is 19.4 Å². The van der Waals surface area contributed by atoms with E-state index >= 15 is 0 Å². The Hall–Kier alpha value is -3.47. The van der Waals surface area contributed by atoms with Gasteiger partial charge in [0.1, 0.15) is 12.1 Å². The second-order valence-corrected chi connectivity index (χ2v) is 10.9. The van der Waals surface area contributed by atoms with Crippen LogP contribution in [0.15, 0.2) is 48.5 Å². The highest BCUT2D eigenvalue weighted by Gasteiger charge is 2.41. The van der Waals surface area contributed by atoms with Crippen LogP contribution >= 0.6 is 11.6 Å². The molecule has 12 heteroatoms. The molecule has 210 valence electrons. The molecule has 0 spiro atoms. The monoisotopic (exact) mass is 566 g/mol. The minimum atomic E-state index is -4.54. The fourth-order valence-corrected chi connectivity index (χ4v) is 4.71. The molecule has 2 aliphatic rings. The van der Waals surface area contributed by atoms with E-state index in [4.69, 9.17) is 16.3 Å². The van der Waals surface area contributed by atoms with Gasteiger partial charge in [0.05, 0.1) is 11.6 Å². The smallest absolute Gasteiger partial charge is 0.416 e. The number of nitrogens with zero attached hydrogens (tertiary/aromatic N) is 4. The minimum Gasteiger partial charge on any atom is -0.444 e. The summed E-state index contributed by atoms with van der Waals surface area (Å²) in [5.74, 6) is -0.312. The van der Waals surface area contributed by atoms with Crippen molar-refractivity contribution in [2.24, 2.45) is 0 Å². The first-order chi connectivity index (χ1) is 18.2. The predicted octanol–water partition coefficient (Wildman–Crippen LogP) is 5.42. The third-order valence-corrected chi connectivity index (χ3v) is 6.75. The molecule has 1 atom stereocenters. The van der Waals surface area contributed by atoms with Gasteiger partial charge in [0, 0.05) is 43.4 Å². The molecule has 2 aromatic carbocycles. The molecule has 0 N–H and O–H groups in total. The summed E-state index contributed by atoms with van der Waals surface area (Å²) in [6.07, 6.45) is -4.99. The summed E-state index contributed by atoms with van der Waals surface area (Å²) < 4.78 is 45.6. The molecule has 4 rings (SSSR count). The first-order valence-electron chi connectivity index (χ1n) is 12.5. The van der Waals surface area contributed by atoms with Gasteiger partial charge in [-0.05, 0) is 62.7 Å². The van der Waals surface area contributed by atoms with Crippen molar-refractivity contribution >= 4 is 35.3 Å². The van der Waals surface area contributed by atoms with E-state index in [9.17, 15) is 27.6 Å². The van der Waals surface area contributed by atoms with E-state index in [1.165, 1.54) is 26.8 Å². The Bertz CT molecular complexity index is 1220. The molecule has 0 aliphatic carbocycles. The SMILES string of the molecule is CC(C)(C)OC(=O)N1CCN(C(=O)CN2CC(c3cccc(C(F)(F)F)c3)N(c3ccc(Cl)cc3)C2=O)CC1. The largest absolute Gasteiger partial charge is 0.444 e. The number of ether oxygens (including phenoxy) is 1. The van der Waals surface area contributed by atoms with E-state index in [0.717, 1.165) is 12.1 Å². The number of urea groups is 1. The number of halogens is 4. The molecule has 39 heavy (non-hydrogen) atoms. The van der Waals surface area contributed by atoms with Crippen LogP contribution in [0.25, 0.3) is 0 Å². The second-order valence-electron chi connectivity index (χ2n) is 10.5. The number of piperazine rings is 1. The van der Waals surface area contributed by atoms with Crippen LogP contribution in [0.5, 0.6) is 0 Å². The molecule has 0 radical (unpaired) electrons. The fraction of sp³-hybridized carbons (Fsp3) is 0.444.